The van der Waals surface area contributed by atoms with Gasteiger partial charge >= 0.3 is 0 Å². The lowest BCUT2D eigenvalue weighted by atomic mass is 10.1. The first kappa shape index (κ1) is 22.0. The number of carbonyl (C=O) groups excluding carboxylic acids is 2. The zero-order valence-corrected chi connectivity index (χ0v) is 18.2. The van der Waals surface area contributed by atoms with Gasteiger partial charge in [0.15, 0.2) is 6.61 Å². The lowest BCUT2D eigenvalue weighted by Gasteiger charge is -2.30. The predicted molar refractivity (Wildman–Crippen MR) is 114 cm³/mol. The van der Waals surface area contributed by atoms with Crippen molar-refractivity contribution < 1.29 is 14.3 Å². The number of hydrogen-bond donors (Lipinski definition) is 1. The van der Waals surface area contributed by atoms with E-state index in [1.807, 2.05) is 69.3 Å². The first-order valence-corrected chi connectivity index (χ1v) is 10.3. The Balaban J connectivity index is 2.17. The number of aryl methyl sites for hydroxylation is 1. The van der Waals surface area contributed by atoms with Gasteiger partial charge in [0, 0.05) is 17.6 Å². The molecule has 0 heterocycles. The second kappa shape index (κ2) is 10.9. The topological polar surface area (TPSA) is 58.6 Å². The number of rotatable bonds is 9. The van der Waals surface area contributed by atoms with Crippen molar-refractivity contribution in [3.8, 4) is 5.75 Å². The molecule has 0 spiro atoms. The minimum Gasteiger partial charge on any atom is -0.484 e. The third-order valence-corrected chi connectivity index (χ3v) is 5.31. The SMILES string of the molecule is CCNC(=O)[C@H](CC)N(Cc1ccccc1)C(=O)COc1ccc(Br)c(C)c1. The van der Waals surface area contributed by atoms with Crippen LogP contribution >= 0.6 is 15.9 Å². The molecular formula is C22H27BrN2O3. The van der Waals surface area contributed by atoms with Crippen LogP contribution in [-0.4, -0.2) is 35.9 Å². The number of likely N-dealkylation sites (N-methyl/N-ethyl adjacent to an activating group) is 1. The Hall–Kier alpha value is -2.34. The maximum atomic E-state index is 13.0. The first-order chi connectivity index (χ1) is 13.5. The number of nitrogens with zero attached hydrogens (tertiary/aromatic N) is 1. The summed E-state index contributed by atoms with van der Waals surface area (Å²) in [5, 5.41) is 2.83. The molecule has 2 aromatic rings. The van der Waals surface area contributed by atoms with E-state index >= 15 is 0 Å². The van der Waals surface area contributed by atoms with Crippen LogP contribution in [0.4, 0.5) is 0 Å². The smallest absolute Gasteiger partial charge is 0.261 e. The summed E-state index contributed by atoms with van der Waals surface area (Å²) in [5.41, 5.74) is 2.00. The Morgan fingerprint density at radius 1 is 1.14 bits per heavy atom. The molecule has 0 unspecified atom stereocenters. The second-order valence-electron chi connectivity index (χ2n) is 6.53. The van der Waals surface area contributed by atoms with E-state index in [1.54, 1.807) is 4.90 Å². The molecule has 0 aromatic heterocycles. The zero-order valence-electron chi connectivity index (χ0n) is 16.6. The first-order valence-electron chi connectivity index (χ1n) is 9.46. The average Bonchev–Trinajstić information content (AvgIpc) is 2.69. The molecule has 150 valence electrons. The molecule has 0 radical (unpaired) electrons. The van der Waals surface area contributed by atoms with Crippen LogP contribution in [-0.2, 0) is 16.1 Å². The Labute approximate surface area is 175 Å². The standard InChI is InChI=1S/C22H27BrN2O3/c1-4-20(22(27)24-5-2)25(14-17-9-7-6-8-10-17)21(26)15-28-18-11-12-19(23)16(3)13-18/h6-13,20H,4-5,14-15H2,1-3H3,(H,24,27)/t20-/m0/s1. The van der Waals surface area contributed by atoms with E-state index in [0.29, 0.717) is 25.3 Å². The van der Waals surface area contributed by atoms with Crippen LogP contribution in [0.2, 0.25) is 0 Å². The molecule has 28 heavy (non-hydrogen) atoms. The summed E-state index contributed by atoms with van der Waals surface area (Å²) in [4.78, 5) is 27.1. The average molecular weight is 447 g/mol. The molecule has 0 aliphatic heterocycles. The number of nitrogens with one attached hydrogen (secondary N) is 1. The number of ether oxygens (including phenoxy) is 1. The lowest BCUT2D eigenvalue weighted by molar-refractivity contribution is -0.142. The van der Waals surface area contributed by atoms with Gasteiger partial charge in [-0.15, -0.1) is 0 Å². The minimum absolute atomic E-state index is 0.121. The van der Waals surface area contributed by atoms with Crippen LogP contribution in [0.3, 0.4) is 0 Å². The third kappa shape index (κ3) is 6.09. The van der Waals surface area contributed by atoms with Gasteiger partial charge in [-0.1, -0.05) is 53.2 Å². The molecule has 0 fully saturated rings. The lowest BCUT2D eigenvalue weighted by Crippen LogP contribution is -2.50. The Kier molecular flexibility index (Phi) is 8.51. The van der Waals surface area contributed by atoms with E-state index in [9.17, 15) is 9.59 Å². The predicted octanol–water partition coefficient (Wildman–Crippen LogP) is 4.08. The van der Waals surface area contributed by atoms with Crippen molar-refractivity contribution in [1.82, 2.24) is 10.2 Å². The van der Waals surface area contributed by atoms with Gasteiger partial charge in [-0.3, -0.25) is 9.59 Å². The number of carbonyl (C=O) groups is 2. The number of hydrogen-bond acceptors (Lipinski definition) is 3. The number of amides is 2. The van der Waals surface area contributed by atoms with Gasteiger partial charge in [0.25, 0.3) is 5.91 Å². The number of halogens is 1. The van der Waals surface area contributed by atoms with Gasteiger partial charge in [-0.2, -0.15) is 0 Å². The highest BCUT2D eigenvalue weighted by atomic mass is 79.9. The van der Waals surface area contributed by atoms with Crippen LogP contribution < -0.4 is 10.1 Å². The molecule has 0 aliphatic carbocycles. The molecule has 1 atom stereocenters. The van der Waals surface area contributed by atoms with E-state index in [0.717, 1.165) is 15.6 Å². The molecule has 0 aliphatic rings. The van der Waals surface area contributed by atoms with Crippen LogP contribution in [0.25, 0.3) is 0 Å². The molecule has 5 nitrogen and oxygen atoms in total. The van der Waals surface area contributed by atoms with Gasteiger partial charge in [-0.25, -0.2) is 0 Å². The van der Waals surface area contributed by atoms with Crippen molar-refractivity contribution in [2.24, 2.45) is 0 Å². The van der Waals surface area contributed by atoms with Gasteiger partial charge in [0.05, 0.1) is 0 Å². The maximum absolute atomic E-state index is 13.0. The summed E-state index contributed by atoms with van der Waals surface area (Å²) in [7, 11) is 0. The van der Waals surface area contributed by atoms with Crippen LogP contribution in [0.1, 0.15) is 31.4 Å². The monoisotopic (exact) mass is 446 g/mol. The highest BCUT2D eigenvalue weighted by Crippen LogP contribution is 2.22. The van der Waals surface area contributed by atoms with Gasteiger partial charge in [0.1, 0.15) is 11.8 Å². The van der Waals surface area contributed by atoms with E-state index in [4.69, 9.17) is 4.74 Å². The molecule has 2 amide bonds. The minimum atomic E-state index is -0.539. The third-order valence-electron chi connectivity index (χ3n) is 4.42. The van der Waals surface area contributed by atoms with Crippen molar-refractivity contribution in [2.75, 3.05) is 13.2 Å². The number of benzene rings is 2. The summed E-state index contributed by atoms with van der Waals surface area (Å²) in [5.74, 6) is 0.260. The van der Waals surface area contributed by atoms with Crippen molar-refractivity contribution in [2.45, 2.75) is 39.8 Å². The maximum Gasteiger partial charge on any atom is 0.261 e. The largest absolute Gasteiger partial charge is 0.484 e. The Morgan fingerprint density at radius 3 is 2.46 bits per heavy atom. The van der Waals surface area contributed by atoms with E-state index in [2.05, 4.69) is 21.2 Å². The van der Waals surface area contributed by atoms with Crippen LogP contribution in [0, 0.1) is 6.92 Å². The Morgan fingerprint density at radius 2 is 1.86 bits per heavy atom. The van der Waals surface area contributed by atoms with E-state index in [1.165, 1.54) is 0 Å². The molecule has 1 N–H and O–H groups in total. The molecule has 6 heteroatoms. The van der Waals surface area contributed by atoms with Gasteiger partial charge in [0.2, 0.25) is 5.91 Å². The fourth-order valence-corrected chi connectivity index (χ4v) is 3.17. The van der Waals surface area contributed by atoms with Crippen molar-refractivity contribution in [3.63, 3.8) is 0 Å². The fraction of sp³-hybridized carbons (Fsp3) is 0.364. The summed E-state index contributed by atoms with van der Waals surface area (Å²) < 4.78 is 6.70. The van der Waals surface area contributed by atoms with E-state index in [-0.39, 0.29) is 18.4 Å². The second-order valence-corrected chi connectivity index (χ2v) is 7.38. The van der Waals surface area contributed by atoms with Crippen molar-refractivity contribution in [1.29, 1.82) is 0 Å². The quantitative estimate of drug-likeness (QED) is 0.630. The zero-order chi connectivity index (χ0) is 20.5. The molecular weight excluding hydrogens is 420 g/mol. The van der Waals surface area contributed by atoms with E-state index < -0.39 is 6.04 Å². The molecule has 0 saturated heterocycles. The Bertz CT molecular complexity index is 796. The summed E-state index contributed by atoms with van der Waals surface area (Å²) in [6.07, 6.45) is 0.530. The van der Waals surface area contributed by atoms with Crippen molar-refractivity contribution in [3.05, 3.63) is 64.1 Å². The normalized spacial score (nSPS) is 11.6. The van der Waals surface area contributed by atoms with Crippen molar-refractivity contribution >= 4 is 27.7 Å². The van der Waals surface area contributed by atoms with Crippen LogP contribution in [0.15, 0.2) is 53.0 Å². The highest BCUT2D eigenvalue weighted by Gasteiger charge is 2.28. The fourth-order valence-electron chi connectivity index (χ4n) is 2.93. The summed E-state index contributed by atoms with van der Waals surface area (Å²) in [6, 6.07) is 14.7. The van der Waals surface area contributed by atoms with Gasteiger partial charge < -0.3 is 15.0 Å². The summed E-state index contributed by atoms with van der Waals surface area (Å²) in [6.45, 7) is 6.50. The molecule has 0 bridgehead atoms. The van der Waals surface area contributed by atoms with Crippen LogP contribution in [0.5, 0.6) is 5.75 Å². The van der Waals surface area contributed by atoms with Gasteiger partial charge in [-0.05, 0) is 49.6 Å². The highest BCUT2D eigenvalue weighted by molar-refractivity contribution is 9.10. The molecule has 2 rings (SSSR count). The molecule has 2 aromatic carbocycles. The summed E-state index contributed by atoms with van der Waals surface area (Å²) >= 11 is 3.45. The molecule has 0 saturated carbocycles.